The van der Waals surface area contributed by atoms with Gasteiger partial charge in [0.05, 0.1) is 0 Å². The molecule has 54 valence electrons. The minimum absolute atomic E-state index is 1.75. The number of rotatable bonds is 1. The molecule has 0 aliphatic carbocycles. The van der Waals surface area contributed by atoms with E-state index in [0.717, 1.165) is 0 Å². The van der Waals surface area contributed by atoms with Crippen LogP contribution in [0.4, 0.5) is 0 Å². The first kappa shape index (κ1) is 15.7. The zero-order chi connectivity index (χ0) is 8.12. The van der Waals surface area contributed by atoms with Crippen LogP contribution in [0, 0.1) is 0 Å². The molecule has 0 nitrogen and oxygen atoms in total. The Kier molecular flexibility index (Phi) is 99.0. The van der Waals surface area contributed by atoms with Crippen LogP contribution in [0.5, 0.6) is 0 Å². The van der Waals surface area contributed by atoms with Crippen molar-refractivity contribution in [3.05, 3.63) is 38.0 Å². The molecule has 0 aliphatic rings. The maximum atomic E-state index is 3.46. The van der Waals surface area contributed by atoms with Gasteiger partial charge in [-0.2, -0.15) is 0 Å². The molecule has 9 heavy (non-hydrogen) atoms. The summed E-state index contributed by atoms with van der Waals surface area (Å²) in [5.74, 6) is 0. The van der Waals surface area contributed by atoms with Crippen LogP contribution in [0.3, 0.4) is 0 Å². The topological polar surface area (TPSA) is 0 Å². The second-order valence-corrected chi connectivity index (χ2v) is 0.761. The first-order valence-corrected chi connectivity index (χ1v) is 3.15. The van der Waals surface area contributed by atoms with Gasteiger partial charge in [0.15, 0.2) is 0 Å². The Bertz CT molecular complexity index is 51.1. The number of allylic oxidation sites excluding steroid dienone is 3. The Hall–Kier alpha value is -0.780. The second kappa shape index (κ2) is 56.7. The van der Waals surface area contributed by atoms with Gasteiger partial charge in [-0.25, -0.2) is 0 Å². The van der Waals surface area contributed by atoms with E-state index in [-0.39, 0.29) is 0 Å². The average molecular weight is 126 g/mol. The maximum absolute atomic E-state index is 3.46. The molecule has 0 amide bonds. The molecule has 0 aromatic heterocycles. The Morgan fingerprint density at radius 2 is 1.44 bits per heavy atom. The van der Waals surface area contributed by atoms with Gasteiger partial charge in [0.2, 0.25) is 0 Å². The third-order valence-corrected chi connectivity index (χ3v) is 0.329. The van der Waals surface area contributed by atoms with Crippen LogP contribution in [0.15, 0.2) is 38.0 Å². The molecule has 0 heteroatoms. The molecule has 0 N–H and O–H groups in total. The molecular weight excluding hydrogens is 108 g/mol. The molecule has 0 fully saturated rings. The van der Waals surface area contributed by atoms with Crippen molar-refractivity contribution in [1.29, 1.82) is 0 Å². The predicted molar refractivity (Wildman–Crippen MR) is 47.6 cm³/mol. The quantitative estimate of drug-likeness (QED) is 0.372. The third kappa shape index (κ3) is 132. The van der Waals surface area contributed by atoms with E-state index in [1.165, 1.54) is 0 Å². The summed E-state index contributed by atoms with van der Waals surface area (Å²) in [5, 5.41) is 0. The van der Waals surface area contributed by atoms with Gasteiger partial charge >= 0.3 is 0 Å². The van der Waals surface area contributed by atoms with E-state index in [4.69, 9.17) is 0 Å². The summed E-state index contributed by atoms with van der Waals surface area (Å²) >= 11 is 0. The summed E-state index contributed by atoms with van der Waals surface area (Å²) in [5.41, 5.74) is 0. The van der Waals surface area contributed by atoms with Crippen molar-refractivity contribution >= 4 is 0 Å². The highest BCUT2D eigenvalue weighted by Crippen LogP contribution is 1.64. The molecular formula is C9H18. The minimum atomic E-state index is 1.75. The average Bonchev–Trinajstić information content (AvgIpc) is 1.98. The van der Waals surface area contributed by atoms with Crippen molar-refractivity contribution in [2.45, 2.75) is 20.8 Å². The molecule has 0 heterocycles. The summed E-state index contributed by atoms with van der Waals surface area (Å²) in [6.07, 6.45) is 5.58. The highest BCUT2D eigenvalue weighted by Gasteiger charge is 1.42. The molecule has 0 spiro atoms. The normalized spacial score (nSPS) is 6.11. The molecule has 0 saturated heterocycles. The van der Waals surface area contributed by atoms with Crippen molar-refractivity contribution in [1.82, 2.24) is 0 Å². The Balaban J connectivity index is -0.0000000771. The molecule has 0 aromatic carbocycles. The second-order valence-electron chi connectivity index (χ2n) is 0.761. The Morgan fingerprint density at radius 3 is 1.44 bits per heavy atom. The zero-order valence-corrected chi connectivity index (χ0v) is 6.85. The lowest BCUT2D eigenvalue weighted by Gasteiger charge is -1.56. The summed E-state index contributed by atoms with van der Waals surface area (Å²) in [6.45, 7) is 15.4. The van der Waals surface area contributed by atoms with Crippen molar-refractivity contribution < 1.29 is 0 Å². The van der Waals surface area contributed by atoms with Crippen LogP contribution in [0.25, 0.3) is 0 Å². The molecule has 0 saturated carbocycles. The fourth-order valence-corrected chi connectivity index (χ4v) is 0.136. The maximum Gasteiger partial charge on any atom is -0.0467 e. The first-order chi connectivity index (χ1) is 4.41. The zero-order valence-electron chi connectivity index (χ0n) is 6.85. The Labute approximate surface area is 59.6 Å². The molecule has 0 aromatic rings. The number of hydrogen-bond acceptors (Lipinski definition) is 0. The monoisotopic (exact) mass is 126 g/mol. The van der Waals surface area contributed by atoms with Crippen molar-refractivity contribution in [2.75, 3.05) is 0 Å². The molecule has 0 bridgehead atoms. The van der Waals surface area contributed by atoms with Crippen LogP contribution in [0.2, 0.25) is 0 Å². The summed E-state index contributed by atoms with van der Waals surface area (Å²) in [7, 11) is 0. The molecule has 0 aliphatic heterocycles. The fourth-order valence-electron chi connectivity index (χ4n) is 0.136. The van der Waals surface area contributed by atoms with E-state index in [1.54, 1.807) is 6.08 Å². The van der Waals surface area contributed by atoms with Gasteiger partial charge < -0.3 is 0 Å². The number of hydrogen-bond donors (Lipinski definition) is 0. The van der Waals surface area contributed by atoms with Crippen molar-refractivity contribution in [2.24, 2.45) is 0 Å². The highest BCUT2D eigenvalue weighted by atomic mass is 13.5. The van der Waals surface area contributed by atoms with E-state index < -0.39 is 0 Å². The molecule has 0 radical (unpaired) electrons. The van der Waals surface area contributed by atoms with Crippen LogP contribution in [-0.4, -0.2) is 0 Å². The van der Waals surface area contributed by atoms with E-state index in [1.807, 2.05) is 32.9 Å². The lowest BCUT2D eigenvalue weighted by molar-refractivity contribution is 1.50. The summed E-state index contributed by atoms with van der Waals surface area (Å²) < 4.78 is 0. The highest BCUT2D eigenvalue weighted by molar-refractivity contribution is 4.94. The summed E-state index contributed by atoms with van der Waals surface area (Å²) in [4.78, 5) is 0. The van der Waals surface area contributed by atoms with Gasteiger partial charge in [0, 0.05) is 0 Å². The van der Waals surface area contributed by atoms with Gasteiger partial charge in [0.1, 0.15) is 0 Å². The van der Waals surface area contributed by atoms with Gasteiger partial charge in [-0.3, -0.25) is 0 Å². The lowest BCUT2D eigenvalue weighted by Crippen LogP contribution is -1.33. The van der Waals surface area contributed by atoms with E-state index in [0.29, 0.717) is 0 Å². The summed E-state index contributed by atoms with van der Waals surface area (Å²) in [6, 6.07) is 0. The standard InChI is InChI=1S/C5H8.C2H6.C2H4/c1-3-5-4-2;2*1-2/h3-5H,1H2,2H3;1-2H3;1-2H2/b5-4-;;. The molecule has 0 atom stereocenters. The van der Waals surface area contributed by atoms with E-state index >= 15 is 0 Å². The molecule has 0 rings (SSSR count). The fraction of sp³-hybridized carbons (Fsp3) is 0.333. The van der Waals surface area contributed by atoms with Crippen LogP contribution < -0.4 is 0 Å². The smallest absolute Gasteiger partial charge is 0.0467 e. The van der Waals surface area contributed by atoms with Crippen LogP contribution in [0.1, 0.15) is 20.8 Å². The first-order valence-electron chi connectivity index (χ1n) is 3.15. The molecule has 0 unspecified atom stereocenters. The van der Waals surface area contributed by atoms with E-state index in [9.17, 15) is 0 Å². The minimum Gasteiger partial charge on any atom is -0.106 e. The predicted octanol–water partition coefficient (Wildman–Crippen LogP) is 3.58. The van der Waals surface area contributed by atoms with Gasteiger partial charge in [-0.15, -0.1) is 13.2 Å². The van der Waals surface area contributed by atoms with Gasteiger partial charge in [-0.1, -0.05) is 38.7 Å². The van der Waals surface area contributed by atoms with Crippen LogP contribution >= 0.6 is 0 Å². The van der Waals surface area contributed by atoms with E-state index in [2.05, 4.69) is 19.7 Å². The SMILES string of the molecule is C=C.C=C/C=C\C.CC. The Morgan fingerprint density at radius 1 is 1.11 bits per heavy atom. The van der Waals surface area contributed by atoms with Crippen molar-refractivity contribution in [3.8, 4) is 0 Å². The third-order valence-electron chi connectivity index (χ3n) is 0.329. The van der Waals surface area contributed by atoms with Gasteiger partial charge in [0.25, 0.3) is 0 Å². The van der Waals surface area contributed by atoms with Crippen molar-refractivity contribution in [3.63, 3.8) is 0 Å². The lowest BCUT2D eigenvalue weighted by atomic mass is 10.5. The van der Waals surface area contributed by atoms with Gasteiger partial charge in [-0.05, 0) is 6.92 Å². The largest absolute Gasteiger partial charge is 0.106 e. The van der Waals surface area contributed by atoms with Crippen LogP contribution in [-0.2, 0) is 0 Å².